The number of hydrogen-bond acceptors (Lipinski definition) is 4. The first-order valence-electron chi connectivity index (χ1n) is 6.88. The first kappa shape index (κ1) is 15.4. The second-order valence-corrected chi connectivity index (χ2v) is 5.63. The van der Waals surface area contributed by atoms with Gasteiger partial charge in [-0.2, -0.15) is 5.26 Å². The average molecular weight is 254 g/mol. The van der Waals surface area contributed by atoms with E-state index in [1.54, 1.807) is 0 Å². The Morgan fingerprint density at radius 1 is 1.28 bits per heavy atom. The number of nitrogens with zero attached hydrogens (tertiary/aromatic N) is 1. The van der Waals surface area contributed by atoms with Gasteiger partial charge in [0, 0.05) is 6.04 Å². The van der Waals surface area contributed by atoms with Crippen molar-refractivity contribution in [1.82, 2.24) is 5.32 Å². The fourth-order valence-electron chi connectivity index (χ4n) is 2.10. The first-order chi connectivity index (χ1) is 8.50. The average Bonchev–Trinajstić information content (AvgIpc) is 3.10. The van der Waals surface area contributed by atoms with Crippen LogP contribution in [0.5, 0.6) is 0 Å². The van der Waals surface area contributed by atoms with Crippen molar-refractivity contribution in [2.45, 2.75) is 58.2 Å². The van der Waals surface area contributed by atoms with Crippen molar-refractivity contribution in [3.05, 3.63) is 0 Å². The second kappa shape index (κ2) is 7.08. The largest absolute Gasteiger partial charge is 0.376 e. The fourth-order valence-corrected chi connectivity index (χ4v) is 2.10. The summed E-state index contributed by atoms with van der Waals surface area (Å²) < 4.78 is 11.1. The third-order valence-corrected chi connectivity index (χ3v) is 3.03. The minimum absolute atomic E-state index is 0.228. The van der Waals surface area contributed by atoms with Crippen molar-refractivity contribution in [1.29, 1.82) is 5.26 Å². The standard InChI is InChI=1S/C14H26N2O2/c1-11(2)16-14(9-15,13-5-6-13)10-17-7-8-18-12(3)4/h11-13,16H,5-8,10H2,1-4H3. The molecule has 1 fully saturated rings. The molecule has 0 amide bonds. The van der Waals surface area contributed by atoms with Gasteiger partial charge in [-0.05, 0) is 46.5 Å². The first-order valence-corrected chi connectivity index (χ1v) is 6.88. The summed E-state index contributed by atoms with van der Waals surface area (Å²) in [6.07, 6.45) is 2.48. The Morgan fingerprint density at radius 2 is 1.94 bits per heavy atom. The van der Waals surface area contributed by atoms with E-state index in [1.807, 2.05) is 13.8 Å². The molecule has 104 valence electrons. The maximum atomic E-state index is 9.46. The lowest BCUT2D eigenvalue weighted by Crippen LogP contribution is -2.53. The molecule has 0 aliphatic heterocycles. The highest BCUT2D eigenvalue weighted by molar-refractivity contribution is 5.15. The molecule has 0 spiro atoms. The van der Waals surface area contributed by atoms with E-state index in [-0.39, 0.29) is 6.10 Å². The summed E-state index contributed by atoms with van der Waals surface area (Å²) in [5, 5.41) is 12.8. The molecule has 1 aliphatic carbocycles. The summed E-state index contributed by atoms with van der Waals surface area (Å²) in [5.41, 5.74) is -0.508. The van der Waals surface area contributed by atoms with E-state index >= 15 is 0 Å². The molecule has 1 unspecified atom stereocenters. The molecule has 4 heteroatoms. The molecule has 1 rings (SSSR count). The summed E-state index contributed by atoms with van der Waals surface area (Å²) in [7, 11) is 0. The van der Waals surface area contributed by atoms with Crippen molar-refractivity contribution in [2.75, 3.05) is 19.8 Å². The Hall–Kier alpha value is -0.630. The molecule has 0 saturated heterocycles. The van der Waals surface area contributed by atoms with E-state index in [0.717, 1.165) is 12.8 Å². The maximum Gasteiger partial charge on any atom is 0.133 e. The van der Waals surface area contributed by atoms with Gasteiger partial charge in [0.1, 0.15) is 5.54 Å². The van der Waals surface area contributed by atoms with Crippen LogP contribution >= 0.6 is 0 Å². The van der Waals surface area contributed by atoms with Crippen molar-refractivity contribution in [3.63, 3.8) is 0 Å². The summed E-state index contributed by atoms with van der Waals surface area (Å²) in [6.45, 7) is 9.73. The minimum atomic E-state index is -0.508. The lowest BCUT2D eigenvalue weighted by molar-refractivity contribution is 0.00361. The molecule has 0 aromatic rings. The highest BCUT2D eigenvalue weighted by Gasteiger charge is 2.46. The van der Waals surface area contributed by atoms with Crippen LogP contribution < -0.4 is 5.32 Å². The lowest BCUT2D eigenvalue weighted by atomic mass is 9.95. The maximum absolute atomic E-state index is 9.46. The summed E-state index contributed by atoms with van der Waals surface area (Å²) in [6, 6.07) is 2.72. The van der Waals surface area contributed by atoms with Gasteiger partial charge in [-0.15, -0.1) is 0 Å². The van der Waals surface area contributed by atoms with Crippen molar-refractivity contribution in [2.24, 2.45) is 5.92 Å². The van der Waals surface area contributed by atoms with Crippen LogP contribution in [0.4, 0.5) is 0 Å². The number of ether oxygens (including phenoxy) is 2. The highest BCUT2D eigenvalue weighted by atomic mass is 16.5. The third-order valence-electron chi connectivity index (χ3n) is 3.03. The van der Waals surface area contributed by atoms with E-state index in [1.165, 1.54) is 0 Å². The quantitative estimate of drug-likeness (QED) is 0.640. The Labute approximate surface area is 111 Å². The normalized spacial score (nSPS) is 18.9. The summed E-state index contributed by atoms with van der Waals surface area (Å²) >= 11 is 0. The van der Waals surface area contributed by atoms with Crippen LogP contribution in [0, 0.1) is 17.2 Å². The zero-order chi connectivity index (χ0) is 13.6. The Balaban J connectivity index is 2.35. The lowest BCUT2D eigenvalue weighted by Gasteiger charge is -2.30. The van der Waals surface area contributed by atoms with Crippen LogP contribution in [0.25, 0.3) is 0 Å². The zero-order valence-electron chi connectivity index (χ0n) is 12.0. The van der Waals surface area contributed by atoms with Crippen LogP contribution in [0.2, 0.25) is 0 Å². The minimum Gasteiger partial charge on any atom is -0.376 e. The van der Waals surface area contributed by atoms with Crippen molar-refractivity contribution < 1.29 is 9.47 Å². The molecule has 0 bridgehead atoms. The molecule has 18 heavy (non-hydrogen) atoms. The molecule has 1 aliphatic rings. The van der Waals surface area contributed by atoms with Gasteiger partial charge in [0.25, 0.3) is 0 Å². The summed E-state index contributed by atoms with van der Waals surface area (Å²) in [5.74, 6) is 0.441. The molecule has 0 aromatic heterocycles. The second-order valence-electron chi connectivity index (χ2n) is 5.63. The van der Waals surface area contributed by atoms with Crippen LogP contribution in [0.3, 0.4) is 0 Å². The predicted molar refractivity (Wildman–Crippen MR) is 71.2 cm³/mol. The van der Waals surface area contributed by atoms with Gasteiger partial charge >= 0.3 is 0 Å². The fraction of sp³-hybridized carbons (Fsp3) is 0.929. The van der Waals surface area contributed by atoms with Gasteiger partial charge in [0.2, 0.25) is 0 Å². The SMILES string of the molecule is CC(C)NC(C#N)(COCCOC(C)C)C1CC1. The Morgan fingerprint density at radius 3 is 2.39 bits per heavy atom. The monoisotopic (exact) mass is 254 g/mol. The van der Waals surface area contributed by atoms with Crippen LogP contribution in [-0.2, 0) is 9.47 Å². The van der Waals surface area contributed by atoms with Crippen molar-refractivity contribution >= 4 is 0 Å². The van der Waals surface area contributed by atoms with Crippen LogP contribution in [-0.4, -0.2) is 37.5 Å². The van der Waals surface area contributed by atoms with Gasteiger partial charge in [-0.1, -0.05) is 0 Å². The molecule has 1 saturated carbocycles. The Bertz CT molecular complexity index is 282. The van der Waals surface area contributed by atoms with E-state index in [0.29, 0.717) is 31.8 Å². The Kier molecular flexibility index (Phi) is 6.07. The number of nitrogens with one attached hydrogen (secondary N) is 1. The smallest absolute Gasteiger partial charge is 0.133 e. The molecule has 0 aromatic carbocycles. The molecular weight excluding hydrogens is 228 g/mol. The topological polar surface area (TPSA) is 54.3 Å². The molecule has 1 atom stereocenters. The van der Waals surface area contributed by atoms with Gasteiger partial charge in [0.15, 0.2) is 0 Å². The van der Waals surface area contributed by atoms with E-state index in [4.69, 9.17) is 9.47 Å². The summed E-state index contributed by atoms with van der Waals surface area (Å²) in [4.78, 5) is 0. The number of rotatable bonds is 9. The molecule has 1 N–H and O–H groups in total. The van der Waals surface area contributed by atoms with Gasteiger partial charge in [-0.3, -0.25) is 5.32 Å². The van der Waals surface area contributed by atoms with Gasteiger partial charge in [-0.25, -0.2) is 0 Å². The van der Waals surface area contributed by atoms with Crippen LogP contribution in [0.15, 0.2) is 0 Å². The zero-order valence-corrected chi connectivity index (χ0v) is 12.0. The molecule has 0 radical (unpaired) electrons. The van der Waals surface area contributed by atoms with E-state index in [9.17, 15) is 5.26 Å². The number of hydrogen-bond donors (Lipinski definition) is 1. The van der Waals surface area contributed by atoms with E-state index in [2.05, 4.69) is 25.2 Å². The van der Waals surface area contributed by atoms with Gasteiger partial charge < -0.3 is 9.47 Å². The molecule has 0 heterocycles. The predicted octanol–water partition coefficient (Wildman–Crippen LogP) is 2.10. The highest BCUT2D eigenvalue weighted by Crippen LogP contribution is 2.39. The molecule has 4 nitrogen and oxygen atoms in total. The third kappa shape index (κ3) is 4.93. The van der Waals surface area contributed by atoms with E-state index < -0.39 is 5.54 Å². The van der Waals surface area contributed by atoms with Crippen LogP contribution in [0.1, 0.15) is 40.5 Å². The van der Waals surface area contributed by atoms with Gasteiger partial charge in [0.05, 0.1) is 32.0 Å². The van der Waals surface area contributed by atoms with Crippen molar-refractivity contribution in [3.8, 4) is 6.07 Å². The number of nitriles is 1. The molecular formula is C14H26N2O2.